The highest BCUT2D eigenvalue weighted by Gasteiger charge is 2.35. The smallest absolute Gasteiger partial charge is 0.0794 e. The minimum Gasteiger partial charge on any atom is -0.388 e. The highest BCUT2D eigenvalue weighted by atomic mass is 16.3. The lowest BCUT2D eigenvalue weighted by atomic mass is 9.80. The van der Waals surface area contributed by atoms with E-state index in [1.807, 2.05) is 0 Å². The Morgan fingerprint density at radius 2 is 2.00 bits per heavy atom. The third kappa shape index (κ3) is 2.44. The Bertz CT molecular complexity index is 154. The van der Waals surface area contributed by atoms with E-state index in [2.05, 4.69) is 26.1 Å². The molecular formula is C11H23NO. The SMILES string of the molecule is CCC(O)(CC)C1CC(C)CCN1. The summed E-state index contributed by atoms with van der Waals surface area (Å²) in [5, 5.41) is 13.8. The molecule has 0 bridgehead atoms. The topological polar surface area (TPSA) is 32.3 Å². The second-order valence-corrected chi connectivity index (χ2v) is 4.45. The molecule has 2 N–H and O–H groups in total. The summed E-state index contributed by atoms with van der Waals surface area (Å²) >= 11 is 0. The fourth-order valence-corrected chi connectivity index (χ4v) is 2.26. The van der Waals surface area contributed by atoms with E-state index in [1.165, 1.54) is 6.42 Å². The maximum atomic E-state index is 10.3. The van der Waals surface area contributed by atoms with E-state index in [0.717, 1.165) is 31.7 Å². The average molecular weight is 185 g/mol. The number of hydrogen-bond donors (Lipinski definition) is 2. The van der Waals surface area contributed by atoms with E-state index in [1.54, 1.807) is 0 Å². The molecule has 2 heteroatoms. The zero-order valence-corrected chi connectivity index (χ0v) is 9.14. The molecule has 0 aromatic heterocycles. The van der Waals surface area contributed by atoms with Crippen LogP contribution in [0.1, 0.15) is 46.5 Å². The molecule has 2 atom stereocenters. The third-order valence-corrected chi connectivity index (χ3v) is 3.54. The van der Waals surface area contributed by atoms with Gasteiger partial charge in [-0.05, 0) is 38.1 Å². The molecule has 1 heterocycles. The molecule has 1 saturated heterocycles. The van der Waals surface area contributed by atoms with Gasteiger partial charge in [-0.3, -0.25) is 0 Å². The Morgan fingerprint density at radius 1 is 1.38 bits per heavy atom. The Labute approximate surface area is 81.7 Å². The van der Waals surface area contributed by atoms with Crippen LogP contribution in [0.15, 0.2) is 0 Å². The van der Waals surface area contributed by atoms with Crippen LogP contribution in [0.3, 0.4) is 0 Å². The van der Waals surface area contributed by atoms with Gasteiger partial charge in [-0.25, -0.2) is 0 Å². The summed E-state index contributed by atoms with van der Waals surface area (Å²) < 4.78 is 0. The molecule has 0 saturated carbocycles. The highest BCUT2D eigenvalue weighted by Crippen LogP contribution is 2.27. The number of hydrogen-bond acceptors (Lipinski definition) is 2. The van der Waals surface area contributed by atoms with Gasteiger partial charge in [0.1, 0.15) is 0 Å². The van der Waals surface area contributed by atoms with Crippen LogP contribution in [0, 0.1) is 5.92 Å². The van der Waals surface area contributed by atoms with Crippen LogP contribution in [0.25, 0.3) is 0 Å². The molecule has 1 aliphatic rings. The van der Waals surface area contributed by atoms with Crippen molar-refractivity contribution in [2.24, 2.45) is 5.92 Å². The predicted octanol–water partition coefficient (Wildman–Crippen LogP) is 1.93. The van der Waals surface area contributed by atoms with Crippen molar-refractivity contribution in [3.05, 3.63) is 0 Å². The molecule has 0 aromatic carbocycles. The van der Waals surface area contributed by atoms with Crippen LogP contribution < -0.4 is 5.32 Å². The van der Waals surface area contributed by atoms with Gasteiger partial charge >= 0.3 is 0 Å². The first-order valence-electron chi connectivity index (χ1n) is 5.58. The summed E-state index contributed by atoms with van der Waals surface area (Å²) in [6.07, 6.45) is 4.08. The van der Waals surface area contributed by atoms with Crippen molar-refractivity contribution in [3.63, 3.8) is 0 Å². The molecule has 78 valence electrons. The molecule has 0 amide bonds. The van der Waals surface area contributed by atoms with Crippen molar-refractivity contribution in [3.8, 4) is 0 Å². The van der Waals surface area contributed by atoms with Crippen molar-refractivity contribution in [1.82, 2.24) is 5.32 Å². The summed E-state index contributed by atoms with van der Waals surface area (Å²) in [6, 6.07) is 0.311. The van der Waals surface area contributed by atoms with E-state index in [9.17, 15) is 5.11 Å². The summed E-state index contributed by atoms with van der Waals surface area (Å²) in [6.45, 7) is 7.49. The fourth-order valence-electron chi connectivity index (χ4n) is 2.26. The molecule has 2 unspecified atom stereocenters. The van der Waals surface area contributed by atoms with E-state index >= 15 is 0 Å². The monoisotopic (exact) mass is 185 g/mol. The van der Waals surface area contributed by atoms with Gasteiger partial charge in [0.15, 0.2) is 0 Å². The van der Waals surface area contributed by atoms with Gasteiger partial charge in [0, 0.05) is 6.04 Å². The standard InChI is InChI=1S/C11H23NO/c1-4-11(13,5-2)10-8-9(3)6-7-12-10/h9-10,12-13H,4-8H2,1-3H3. The van der Waals surface area contributed by atoms with Crippen LogP contribution in [-0.4, -0.2) is 23.3 Å². The molecule has 0 aromatic rings. The highest BCUT2D eigenvalue weighted by molar-refractivity contribution is 4.92. The maximum Gasteiger partial charge on any atom is 0.0794 e. The number of nitrogens with one attached hydrogen (secondary N) is 1. The lowest BCUT2D eigenvalue weighted by Gasteiger charge is -2.40. The Hall–Kier alpha value is -0.0800. The van der Waals surface area contributed by atoms with Crippen molar-refractivity contribution < 1.29 is 5.11 Å². The number of piperidine rings is 1. The zero-order chi connectivity index (χ0) is 9.90. The van der Waals surface area contributed by atoms with Gasteiger partial charge in [0.25, 0.3) is 0 Å². The summed E-state index contributed by atoms with van der Waals surface area (Å²) in [5.74, 6) is 0.760. The van der Waals surface area contributed by atoms with Crippen LogP contribution >= 0.6 is 0 Å². The minimum absolute atomic E-state index is 0.311. The number of rotatable bonds is 3. The molecule has 1 rings (SSSR count). The van der Waals surface area contributed by atoms with Crippen molar-refractivity contribution >= 4 is 0 Å². The summed E-state index contributed by atoms with van der Waals surface area (Å²) in [4.78, 5) is 0. The molecule has 0 aliphatic carbocycles. The maximum absolute atomic E-state index is 10.3. The molecule has 2 nitrogen and oxygen atoms in total. The fraction of sp³-hybridized carbons (Fsp3) is 1.00. The Morgan fingerprint density at radius 3 is 2.46 bits per heavy atom. The van der Waals surface area contributed by atoms with Gasteiger partial charge in [0.05, 0.1) is 5.60 Å². The van der Waals surface area contributed by atoms with E-state index in [0.29, 0.717) is 6.04 Å². The van der Waals surface area contributed by atoms with Gasteiger partial charge in [-0.1, -0.05) is 20.8 Å². The second kappa shape index (κ2) is 4.43. The zero-order valence-electron chi connectivity index (χ0n) is 9.14. The van der Waals surface area contributed by atoms with Crippen molar-refractivity contribution in [1.29, 1.82) is 0 Å². The molecule has 1 fully saturated rings. The molecule has 1 aliphatic heterocycles. The molecule has 0 spiro atoms. The van der Waals surface area contributed by atoms with E-state index in [4.69, 9.17) is 0 Å². The van der Waals surface area contributed by atoms with Crippen molar-refractivity contribution in [2.75, 3.05) is 6.54 Å². The summed E-state index contributed by atoms with van der Waals surface area (Å²) in [7, 11) is 0. The van der Waals surface area contributed by atoms with Gasteiger partial charge in [0.2, 0.25) is 0 Å². The van der Waals surface area contributed by atoms with Crippen LogP contribution in [0.4, 0.5) is 0 Å². The van der Waals surface area contributed by atoms with E-state index in [-0.39, 0.29) is 0 Å². The van der Waals surface area contributed by atoms with Gasteiger partial charge in [-0.2, -0.15) is 0 Å². The van der Waals surface area contributed by atoms with E-state index < -0.39 is 5.60 Å². The van der Waals surface area contributed by atoms with Crippen LogP contribution in [0.2, 0.25) is 0 Å². The largest absolute Gasteiger partial charge is 0.388 e. The lowest BCUT2D eigenvalue weighted by molar-refractivity contribution is -0.0201. The molecular weight excluding hydrogens is 162 g/mol. The first kappa shape index (κ1) is 11.0. The summed E-state index contributed by atoms with van der Waals surface area (Å²) in [5.41, 5.74) is -0.477. The van der Waals surface area contributed by atoms with Crippen molar-refractivity contribution in [2.45, 2.75) is 58.1 Å². The quantitative estimate of drug-likeness (QED) is 0.704. The third-order valence-electron chi connectivity index (χ3n) is 3.54. The predicted molar refractivity (Wildman–Crippen MR) is 55.7 cm³/mol. The van der Waals surface area contributed by atoms with Crippen LogP contribution in [0.5, 0.6) is 0 Å². The first-order chi connectivity index (χ1) is 6.12. The minimum atomic E-state index is -0.477. The Balaban J connectivity index is 2.57. The van der Waals surface area contributed by atoms with Crippen LogP contribution in [-0.2, 0) is 0 Å². The first-order valence-corrected chi connectivity index (χ1v) is 5.58. The Kier molecular flexibility index (Phi) is 3.74. The van der Waals surface area contributed by atoms with Gasteiger partial charge in [-0.15, -0.1) is 0 Å². The number of aliphatic hydroxyl groups is 1. The second-order valence-electron chi connectivity index (χ2n) is 4.45. The van der Waals surface area contributed by atoms with Gasteiger partial charge < -0.3 is 10.4 Å². The molecule has 0 radical (unpaired) electrons. The lowest BCUT2D eigenvalue weighted by Crippen LogP contribution is -2.53. The molecule has 13 heavy (non-hydrogen) atoms. The average Bonchev–Trinajstić information content (AvgIpc) is 2.17. The normalized spacial score (nSPS) is 30.5.